The molecule has 1 aliphatic rings. The summed E-state index contributed by atoms with van der Waals surface area (Å²) in [5.41, 5.74) is 3.23. The van der Waals surface area contributed by atoms with Gasteiger partial charge in [0.25, 0.3) is 0 Å². The van der Waals surface area contributed by atoms with E-state index in [9.17, 15) is 19.2 Å². The van der Waals surface area contributed by atoms with Crippen molar-refractivity contribution < 1.29 is 37.8 Å². The lowest BCUT2D eigenvalue weighted by atomic mass is 10.1. The van der Waals surface area contributed by atoms with Gasteiger partial charge in [0.2, 0.25) is 11.7 Å². The largest absolute Gasteiger partial charge is 0.457 e. The van der Waals surface area contributed by atoms with Crippen molar-refractivity contribution in [1.82, 2.24) is 0 Å². The van der Waals surface area contributed by atoms with Gasteiger partial charge >= 0.3 is 11.9 Å². The number of carbonyl (C=O) groups excluding carboxylic acids is 4. The van der Waals surface area contributed by atoms with Crippen LogP contribution in [0.15, 0.2) is 89.5 Å². The number of hydrogen-bond acceptors (Lipinski definition) is 8. The smallest absolute Gasteiger partial charge is 0.379 e. The monoisotopic (exact) mass is 553 g/mol. The summed E-state index contributed by atoms with van der Waals surface area (Å²) in [5, 5.41) is 0. The van der Waals surface area contributed by atoms with Gasteiger partial charge in [-0.25, -0.2) is 4.79 Å². The Balaban J connectivity index is 1.11. The van der Waals surface area contributed by atoms with Gasteiger partial charge < -0.3 is 23.5 Å². The Morgan fingerprint density at radius 2 is 1.59 bits per heavy atom. The molecule has 0 saturated carbocycles. The number of hydrogen-bond donors (Lipinski definition) is 0. The van der Waals surface area contributed by atoms with E-state index in [-0.39, 0.29) is 35.9 Å². The number of amides is 1. The molecule has 41 heavy (non-hydrogen) atoms. The lowest BCUT2D eigenvalue weighted by molar-refractivity contribution is -0.147. The summed E-state index contributed by atoms with van der Waals surface area (Å²) in [6.45, 7) is 3.73. The minimum atomic E-state index is -0.690. The first kappa shape index (κ1) is 27.4. The van der Waals surface area contributed by atoms with E-state index >= 15 is 0 Å². The van der Waals surface area contributed by atoms with Crippen LogP contribution in [0.3, 0.4) is 0 Å². The molecule has 2 heterocycles. The van der Waals surface area contributed by atoms with Gasteiger partial charge in [-0.1, -0.05) is 6.07 Å². The fourth-order valence-electron chi connectivity index (χ4n) is 4.32. The Labute approximate surface area is 236 Å². The lowest BCUT2D eigenvalue weighted by Crippen LogP contribution is -2.27. The maximum Gasteiger partial charge on any atom is 0.379 e. The third-order valence-corrected chi connectivity index (χ3v) is 6.78. The highest BCUT2D eigenvalue weighted by Gasteiger charge is 2.36. The molecular weight excluding hydrogens is 526 g/mol. The number of ether oxygens (including phenoxy) is 3. The van der Waals surface area contributed by atoms with Crippen LogP contribution in [-0.4, -0.2) is 36.8 Å². The number of rotatable bonds is 9. The Hall–Kier alpha value is -5.18. The first-order valence-corrected chi connectivity index (χ1v) is 13.0. The number of aryl methyl sites for hydroxylation is 2. The van der Waals surface area contributed by atoms with Crippen molar-refractivity contribution in [3.63, 3.8) is 0 Å². The van der Waals surface area contributed by atoms with Crippen LogP contribution >= 0.6 is 0 Å². The van der Waals surface area contributed by atoms with E-state index in [2.05, 4.69) is 0 Å². The topological polar surface area (TPSA) is 112 Å². The molecule has 1 atom stereocenters. The first-order valence-electron chi connectivity index (χ1n) is 13.0. The maximum absolute atomic E-state index is 12.7. The van der Waals surface area contributed by atoms with Gasteiger partial charge in [0.15, 0.2) is 12.4 Å². The van der Waals surface area contributed by atoms with Gasteiger partial charge in [-0.15, -0.1) is 0 Å². The Kier molecular flexibility index (Phi) is 7.96. The Bertz CT molecular complexity index is 1570. The summed E-state index contributed by atoms with van der Waals surface area (Å²) >= 11 is 0. The van der Waals surface area contributed by atoms with Crippen LogP contribution in [0, 0.1) is 19.8 Å². The van der Waals surface area contributed by atoms with E-state index in [1.54, 1.807) is 30.3 Å². The van der Waals surface area contributed by atoms with Gasteiger partial charge in [0.1, 0.15) is 17.2 Å². The molecule has 208 valence electrons. The van der Waals surface area contributed by atoms with Gasteiger partial charge in [-0.2, -0.15) is 0 Å². The van der Waals surface area contributed by atoms with Crippen LogP contribution in [0.1, 0.15) is 38.5 Å². The van der Waals surface area contributed by atoms with Crippen LogP contribution in [0.5, 0.6) is 17.2 Å². The average molecular weight is 554 g/mol. The molecule has 9 heteroatoms. The predicted octanol–water partition coefficient (Wildman–Crippen LogP) is 5.69. The summed E-state index contributed by atoms with van der Waals surface area (Å²) < 4.78 is 21.3. The molecule has 1 amide bonds. The summed E-state index contributed by atoms with van der Waals surface area (Å²) in [6, 6.07) is 21.8. The van der Waals surface area contributed by atoms with Gasteiger partial charge in [-0.05, 0) is 97.8 Å². The number of nitrogens with zero attached hydrogens (tertiary/aromatic N) is 1. The Morgan fingerprint density at radius 1 is 0.878 bits per heavy atom. The highest BCUT2D eigenvalue weighted by atomic mass is 16.5. The number of anilines is 1. The van der Waals surface area contributed by atoms with E-state index in [1.165, 1.54) is 47.1 Å². The van der Waals surface area contributed by atoms with Crippen molar-refractivity contribution in [2.24, 2.45) is 5.92 Å². The van der Waals surface area contributed by atoms with Crippen molar-refractivity contribution in [1.29, 1.82) is 0 Å². The standard InChI is InChI=1S/C32H27NO8/c1-20-5-10-27(16-21(20)2)40-25-13-8-24(9-14-25)33-18-23(17-30(33)35)31(36)39-19-28(34)22-6-11-26(12-7-22)41-32(37)29-4-3-15-38-29/h3-16,23H,17-19H2,1-2H3/t23-/m1/s1. The summed E-state index contributed by atoms with van der Waals surface area (Å²) in [6.07, 6.45) is 1.35. The van der Waals surface area contributed by atoms with Crippen LogP contribution < -0.4 is 14.4 Å². The number of furan rings is 1. The summed E-state index contributed by atoms with van der Waals surface area (Å²) in [4.78, 5) is 51.3. The van der Waals surface area contributed by atoms with E-state index < -0.39 is 30.2 Å². The molecule has 5 rings (SSSR count). The number of esters is 2. The number of ketones is 1. The second kappa shape index (κ2) is 11.9. The second-order valence-corrected chi connectivity index (χ2v) is 9.67. The SMILES string of the molecule is Cc1ccc(Oc2ccc(N3C[C@H](C(=O)OCC(=O)c4ccc(OC(=O)c5ccco5)cc4)CC3=O)cc2)cc1C. The molecule has 3 aromatic carbocycles. The van der Waals surface area contributed by atoms with Crippen molar-refractivity contribution in [3.8, 4) is 17.2 Å². The molecule has 0 aliphatic carbocycles. The third-order valence-electron chi connectivity index (χ3n) is 6.78. The highest BCUT2D eigenvalue weighted by molar-refractivity contribution is 6.01. The maximum atomic E-state index is 12.7. The zero-order valence-electron chi connectivity index (χ0n) is 22.5. The van der Waals surface area contributed by atoms with Crippen molar-refractivity contribution in [2.75, 3.05) is 18.1 Å². The van der Waals surface area contributed by atoms with Gasteiger partial charge in [-0.3, -0.25) is 14.4 Å². The molecule has 1 aromatic heterocycles. The highest BCUT2D eigenvalue weighted by Crippen LogP contribution is 2.30. The van der Waals surface area contributed by atoms with Gasteiger partial charge in [0, 0.05) is 24.2 Å². The fraction of sp³-hybridized carbons (Fsp3) is 0.188. The van der Waals surface area contributed by atoms with Crippen molar-refractivity contribution >= 4 is 29.3 Å². The van der Waals surface area contributed by atoms with E-state index in [1.807, 2.05) is 32.0 Å². The van der Waals surface area contributed by atoms with Crippen molar-refractivity contribution in [3.05, 3.63) is 108 Å². The molecule has 0 bridgehead atoms. The van der Waals surface area contributed by atoms with Gasteiger partial charge in [0.05, 0.1) is 12.2 Å². The molecule has 0 radical (unpaired) electrons. The predicted molar refractivity (Wildman–Crippen MR) is 148 cm³/mol. The van der Waals surface area contributed by atoms with Crippen molar-refractivity contribution in [2.45, 2.75) is 20.3 Å². The molecule has 9 nitrogen and oxygen atoms in total. The zero-order valence-corrected chi connectivity index (χ0v) is 22.5. The van der Waals surface area contributed by atoms with E-state index in [4.69, 9.17) is 18.6 Å². The molecule has 1 saturated heterocycles. The first-order chi connectivity index (χ1) is 19.8. The molecule has 0 N–H and O–H groups in total. The van der Waals surface area contributed by atoms with Crippen LogP contribution in [0.4, 0.5) is 5.69 Å². The summed E-state index contributed by atoms with van der Waals surface area (Å²) in [5.74, 6) is -0.970. The van der Waals surface area contributed by atoms with Crippen LogP contribution in [0.25, 0.3) is 0 Å². The van der Waals surface area contributed by atoms with E-state index in [0.717, 1.165) is 11.3 Å². The van der Waals surface area contributed by atoms with Crippen LogP contribution in [0.2, 0.25) is 0 Å². The summed E-state index contributed by atoms with van der Waals surface area (Å²) in [7, 11) is 0. The zero-order chi connectivity index (χ0) is 28.9. The lowest BCUT2D eigenvalue weighted by Gasteiger charge is -2.17. The molecule has 0 spiro atoms. The minimum Gasteiger partial charge on any atom is -0.457 e. The van der Waals surface area contributed by atoms with E-state index in [0.29, 0.717) is 11.4 Å². The fourth-order valence-corrected chi connectivity index (χ4v) is 4.32. The number of carbonyl (C=O) groups is 4. The number of benzene rings is 3. The quantitative estimate of drug-likeness (QED) is 0.148. The minimum absolute atomic E-state index is 0.0103. The Morgan fingerprint density at radius 3 is 2.27 bits per heavy atom. The molecule has 1 aliphatic heterocycles. The number of Topliss-reactive ketones (excluding diaryl/α,β-unsaturated/α-hetero) is 1. The molecular formula is C32H27NO8. The third kappa shape index (κ3) is 6.52. The molecule has 1 fully saturated rings. The molecule has 4 aromatic rings. The normalized spacial score (nSPS) is 14.5. The average Bonchev–Trinajstić information content (AvgIpc) is 3.65. The second-order valence-electron chi connectivity index (χ2n) is 9.67. The van der Waals surface area contributed by atoms with Crippen LogP contribution in [-0.2, 0) is 14.3 Å². The molecule has 0 unspecified atom stereocenters.